The van der Waals surface area contributed by atoms with Crippen LogP contribution < -0.4 is 0 Å². The third-order valence-electron chi connectivity index (χ3n) is 5.59. The second-order valence-corrected chi connectivity index (χ2v) is 7.72. The zero-order chi connectivity index (χ0) is 22.6. The van der Waals surface area contributed by atoms with Gasteiger partial charge in [0.05, 0.1) is 17.4 Å². The lowest BCUT2D eigenvalue weighted by molar-refractivity contribution is -0.388. The number of likely N-dealkylation sites (N-methyl/N-ethyl adjacent to an activating group) is 1. The van der Waals surface area contributed by atoms with Crippen LogP contribution in [0.2, 0.25) is 0 Å². The molecule has 9 heteroatoms. The number of alkyl halides is 3. The van der Waals surface area contributed by atoms with Crippen LogP contribution in [0.5, 0.6) is 0 Å². The van der Waals surface area contributed by atoms with Crippen molar-refractivity contribution in [3.63, 3.8) is 0 Å². The third-order valence-corrected chi connectivity index (χ3v) is 5.59. The van der Waals surface area contributed by atoms with Crippen LogP contribution in [0.4, 0.5) is 18.9 Å². The van der Waals surface area contributed by atoms with Crippen LogP contribution in [0.3, 0.4) is 0 Å². The van der Waals surface area contributed by atoms with E-state index in [4.69, 9.17) is 0 Å². The second kappa shape index (κ2) is 9.47. The summed E-state index contributed by atoms with van der Waals surface area (Å²) in [5.41, 5.74) is -1.23. The summed E-state index contributed by atoms with van der Waals surface area (Å²) in [4.78, 5) is 26.9. The highest BCUT2D eigenvalue weighted by molar-refractivity contribution is 5.79. The van der Waals surface area contributed by atoms with Crippen molar-refractivity contribution in [3.8, 4) is 0 Å². The number of nitro benzene ring substituents is 1. The summed E-state index contributed by atoms with van der Waals surface area (Å²) in [5.74, 6) is -0.317. The number of amides is 1. The van der Waals surface area contributed by atoms with Crippen LogP contribution in [-0.4, -0.2) is 47.3 Å². The molecule has 31 heavy (non-hydrogen) atoms. The number of benzene rings is 2. The molecule has 0 N–H and O–H groups in total. The lowest BCUT2D eigenvalue weighted by Gasteiger charge is -2.32. The minimum absolute atomic E-state index is 0.171. The van der Waals surface area contributed by atoms with Gasteiger partial charge in [-0.05, 0) is 43.1 Å². The quantitative estimate of drug-likeness (QED) is 0.476. The van der Waals surface area contributed by atoms with Crippen LogP contribution in [0, 0.1) is 10.1 Å². The van der Waals surface area contributed by atoms with Gasteiger partial charge in [0.25, 0.3) is 5.69 Å². The Morgan fingerprint density at radius 1 is 1.16 bits per heavy atom. The Balaban J connectivity index is 1.81. The average Bonchev–Trinajstić information content (AvgIpc) is 3.24. The third kappa shape index (κ3) is 5.61. The van der Waals surface area contributed by atoms with E-state index in [-0.39, 0.29) is 23.9 Å². The molecular formula is C22H24F3N3O3. The maximum Gasteiger partial charge on any atom is 0.422 e. The van der Waals surface area contributed by atoms with Crippen molar-refractivity contribution in [1.29, 1.82) is 0 Å². The number of nitro groups is 1. The van der Waals surface area contributed by atoms with Crippen LogP contribution in [-0.2, 0) is 17.4 Å². The Kier molecular flexibility index (Phi) is 6.94. The molecule has 0 aliphatic carbocycles. The van der Waals surface area contributed by atoms with E-state index in [9.17, 15) is 28.1 Å². The van der Waals surface area contributed by atoms with Crippen LogP contribution in [0.1, 0.15) is 35.6 Å². The largest absolute Gasteiger partial charge is 0.422 e. The fourth-order valence-corrected chi connectivity index (χ4v) is 3.89. The van der Waals surface area contributed by atoms with Crippen molar-refractivity contribution in [1.82, 2.24) is 9.80 Å². The second-order valence-electron chi connectivity index (χ2n) is 7.72. The lowest BCUT2D eigenvalue weighted by Crippen LogP contribution is -2.39. The summed E-state index contributed by atoms with van der Waals surface area (Å²) >= 11 is 0. The molecule has 2 aromatic carbocycles. The van der Waals surface area contributed by atoms with Gasteiger partial charge in [0.15, 0.2) is 0 Å². The molecule has 1 amide bonds. The number of halogens is 3. The van der Waals surface area contributed by atoms with Crippen molar-refractivity contribution in [3.05, 3.63) is 75.3 Å². The minimum atomic E-state index is -4.84. The number of hydrogen-bond donors (Lipinski definition) is 0. The fraction of sp³-hybridized carbons (Fsp3) is 0.409. The molecule has 1 heterocycles. The van der Waals surface area contributed by atoms with E-state index < -0.39 is 22.4 Å². The molecule has 0 unspecified atom stereocenters. The van der Waals surface area contributed by atoms with E-state index in [2.05, 4.69) is 4.90 Å². The first-order chi connectivity index (χ1) is 14.7. The number of likely N-dealkylation sites (tertiary alicyclic amines) is 1. The van der Waals surface area contributed by atoms with Gasteiger partial charge in [-0.1, -0.05) is 36.4 Å². The van der Waals surface area contributed by atoms with E-state index in [0.29, 0.717) is 12.6 Å². The van der Waals surface area contributed by atoms with Crippen molar-refractivity contribution >= 4 is 11.6 Å². The van der Waals surface area contributed by atoms with Gasteiger partial charge in [0.2, 0.25) is 5.91 Å². The highest BCUT2D eigenvalue weighted by atomic mass is 19.4. The first-order valence-corrected chi connectivity index (χ1v) is 10.0. The number of carbonyl (C=O) groups is 1. The Bertz CT molecular complexity index is 929. The van der Waals surface area contributed by atoms with Crippen LogP contribution >= 0.6 is 0 Å². The molecule has 0 aromatic heterocycles. The number of nitrogens with zero attached hydrogens (tertiary/aromatic N) is 3. The molecule has 166 valence electrons. The molecule has 6 nitrogen and oxygen atoms in total. The highest BCUT2D eigenvalue weighted by Gasteiger charge is 2.38. The molecule has 1 aliphatic rings. The van der Waals surface area contributed by atoms with Gasteiger partial charge in [-0.2, -0.15) is 13.2 Å². The van der Waals surface area contributed by atoms with Gasteiger partial charge in [-0.15, -0.1) is 0 Å². The normalized spacial score (nSPS) is 15.6. The first-order valence-electron chi connectivity index (χ1n) is 10.0. The number of carbonyl (C=O) groups excluding carboxylic acids is 1. The molecule has 1 atom stereocenters. The molecular weight excluding hydrogens is 411 g/mol. The van der Waals surface area contributed by atoms with Gasteiger partial charge >= 0.3 is 6.18 Å². The molecule has 2 aromatic rings. The van der Waals surface area contributed by atoms with E-state index in [0.717, 1.165) is 43.6 Å². The van der Waals surface area contributed by atoms with Gasteiger partial charge in [0, 0.05) is 19.7 Å². The molecule has 1 aliphatic heterocycles. The van der Waals surface area contributed by atoms with E-state index >= 15 is 0 Å². The summed E-state index contributed by atoms with van der Waals surface area (Å²) in [6.45, 7) is 2.56. The summed E-state index contributed by atoms with van der Waals surface area (Å²) in [5, 5.41) is 11.1. The summed E-state index contributed by atoms with van der Waals surface area (Å²) in [6.07, 6.45) is -2.85. The van der Waals surface area contributed by atoms with Crippen molar-refractivity contribution in [2.75, 3.05) is 26.7 Å². The smallest absolute Gasteiger partial charge is 0.337 e. The fourth-order valence-electron chi connectivity index (χ4n) is 3.89. The van der Waals surface area contributed by atoms with Gasteiger partial charge in [-0.3, -0.25) is 14.9 Å². The number of hydrogen-bond acceptors (Lipinski definition) is 4. The average molecular weight is 435 g/mol. The maximum absolute atomic E-state index is 13.0. The Labute approximate surface area is 178 Å². The van der Waals surface area contributed by atoms with Gasteiger partial charge < -0.3 is 9.80 Å². The zero-order valence-corrected chi connectivity index (χ0v) is 17.1. The van der Waals surface area contributed by atoms with Gasteiger partial charge in [-0.25, -0.2) is 0 Å². The van der Waals surface area contributed by atoms with E-state index in [1.807, 2.05) is 30.3 Å². The monoisotopic (exact) mass is 435 g/mol. The SMILES string of the molecule is CN(C(=O)Cc1ccc(C(F)(F)F)c([N+](=O)[O-])c1)[C@H](CN1CCCC1)c1ccccc1. The molecule has 0 radical (unpaired) electrons. The Morgan fingerprint density at radius 2 is 1.81 bits per heavy atom. The molecule has 1 fully saturated rings. The van der Waals surface area contributed by atoms with E-state index in [1.165, 1.54) is 0 Å². The highest BCUT2D eigenvalue weighted by Crippen LogP contribution is 2.36. The standard InChI is InChI=1S/C22H24F3N3O3/c1-26(20(15-27-11-5-6-12-27)17-7-3-2-4-8-17)21(29)14-16-9-10-18(22(23,24)25)19(13-16)28(30)31/h2-4,7-10,13,20H,5-6,11-12,14-15H2,1H3/t20-/m1/s1. The zero-order valence-electron chi connectivity index (χ0n) is 17.1. The predicted molar refractivity (Wildman–Crippen MR) is 109 cm³/mol. The molecule has 1 saturated heterocycles. The number of rotatable bonds is 7. The molecule has 3 rings (SSSR count). The summed E-state index contributed by atoms with van der Waals surface area (Å²) in [6, 6.07) is 12.0. The molecule has 0 spiro atoms. The summed E-state index contributed by atoms with van der Waals surface area (Å²) in [7, 11) is 1.66. The predicted octanol–water partition coefficient (Wildman–Crippen LogP) is 4.45. The van der Waals surface area contributed by atoms with Crippen molar-refractivity contribution in [2.45, 2.75) is 31.5 Å². The Hall–Kier alpha value is -2.94. The Morgan fingerprint density at radius 3 is 2.39 bits per heavy atom. The minimum Gasteiger partial charge on any atom is -0.337 e. The topological polar surface area (TPSA) is 66.7 Å². The van der Waals surface area contributed by atoms with Crippen LogP contribution in [0.25, 0.3) is 0 Å². The van der Waals surface area contributed by atoms with Gasteiger partial charge in [0.1, 0.15) is 5.56 Å². The first kappa shape index (κ1) is 22.7. The van der Waals surface area contributed by atoms with Crippen molar-refractivity contribution < 1.29 is 22.9 Å². The van der Waals surface area contributed by atoms with Crippen LogP contribution in [0.15, 0.2) is 48.5 Å². The molecule has 0 saturated carbocycles. The maximum atomic E-state index is 13.0. The van der Waals surface area contributed by atoms with E-state index in [1.54, 1.807) is 11.9 Å². The van der Waals surface area contributed by atoms with Crippen molar-refractivity contribution in [2.24, 2.45) is 0 Å². The summed E-state index contributed by atoms with van der Waals surface area (Å²) < 4.78 is 39.1. The molecule has 0 bridgehead atoms. The lowest BCUT2D eigenvalue weighted by atomic mass is 10.0.